The van der Waals surface area contributed by atoms with Crippen LogP contribution in [-0.4, -0.2) is 40.4 Å². The first-order chi connectivity index (χ1) is 9.38. The topological polar surface area (TPSA) is 38.1 Å². The van der Waals surface area contributed by atoms with E-state index in [4.69, 9.17) is 0 Å². The van der Waals surface area contributed by atoms with Crippen LogP contribution in [0.4, 0.5) is 0 Å². The van der Waals surface area contributed by atoms with Crippen molar-refractivity contribution in [2.45, 2.75) is 25.8 Å². The molecule has 100 valence electrons. The Morgan fingerprint density at radius 1 is 1.26 bits per heavy atom. The summed E-state index contributed by atoms with van der Waals surface area (Å²) >= 11 is 0. The van der Waals surface area contributed by atoms with E-state index in [1.54, 1.807) is 6.20 Å². The Balaban J connectivity index is 1.71. The van der Waals surface area contributed by atoms with Crippen molar-refractivity contribution in [3.63, 3.8) is 0 Å². The average molecular weight is 257 g/mol. The Bertz CT molecular complexity index is 570. The molecule has 0 spiro atoms. The lowest BCUT2D eigenvalue weighted by atomic mass is 10.2. The van der Waals surface area contributed by atoms with Crippen LogP contribution in [-0.2, 0) is 6.54 Å². The Labute approximate surface area is 113 Å². The first kappa shape index (κ1) is 12.4. The van der Waals surface area contributed by atoms with Crippen LogP contribution >= 0.6 is 0 Å². The summed E-state index contributed by atoms with van der Waals surface area (Å²) in [5, 5.41) is 0.957. The second kappa shape index (κ2) is 5.53. The van der Waals surface area contributed by atoms with Gasteiger partial charge in [-0.2, -0.15) is 0 Å². The molecule has 0 unspecified atom stereocenters. The highest BCUT2D eigenvalue weighted by Gasteiger charge is 2.12. The molecule has 0 radical (unpaired) electrons. The van der Waals surface area contributed by atoms with Gasteiger partial charge in [0.15, 0.2) is 6.29 Å². The van der Waals surface area contributed by atoms with Crippen LogP contribution in [0.25, 0.3) is 11.0 Å². The molecule has 2 aromatic heterocycles. The lowest BCUT2D eigenvalue weighted by Gasteiger charge is -2.14. The smallest absolute Gasteiger partial charge is 0.152 e. The van der Waals surface area contributed by atoms with E-state index in [9.17, 15) is 4.79 Å². The second-order valence-corrected chi connectivity index (χ2v) is 5.17. The number of rotatable bonds is 5. The van der Waals surface area contributed by atoms with Crippen molar-refractivity contribution in [3.8, 4) is 0 Å². The number of aryl methyl sites for hydroxylation is 1. The summed E-state index contributed by atoms with van der Waals surface area (Å²) < 4.78 is 2.11. The number of fused-ring (bicyclic) bond motifs is 1. The number of hydrogen-bond donors (Lipinski definition) is 0. The van der Waals surface area contributed by atoms with Crippen molar-refractivity contribution in [3.05, 3.63) is 30.1 Å². The fourth-order valence-electron chi connectivity index (χ4n) is 2.88. The van der Waals surface area contributed by atoms with E-state index in [2.05, 4.69) is 14.5 Å². The summed E-state index contributed by atoms with van der Waals surface area (Å²) in [5.41, 5.74) is 1.66. The highest BCUT2D eigenvalue weighted by molar-refractivity contribution is 5.95. The van der Waals surface area contributed by atoms with Crippen LogP contribution in [0, 0.1) is 0 Å². The molecule has 3 rings (SSSR count). The molecular formula is C15H19N3O. The fourth-order valence-corrected chi connectivity index (χ4v) is 2.88. The third-order valence-electron chi connectivity index (χ3n) is 3.86. The molecule has 3 heterocycles. The van der Waals surface area contributed by atoms with E-state index in [-0.39, 0.29) is 0 Å². The van der Waals surface area contributed by atoms with Gasteiger partial charge in [0, 0.05) is 29.9 Å². The van der Waals surface area contributed by atoms with Gasteiger partial charge in [0.05, 0.1) is 0 Å². The quantitative estimate of drug-likeness (QED) is 0.772. The SMILES string of the molecule is O=Cc1cn(CCCN2CCCC2)c2ncccc12. The van der Waals surface area contributed by atoms with Crippen molar-refractivity contribution in [2.24, 2.45) is 0 Å². The van der Waals surface area contributed by atoms with Crippen LogP contribution < -0.4 is 0 Å². The van der Waals surface area contributed by atoms with Gasteiger partial charge < -0.3 is 9.47 Å². The lowest BCUT2D eigenvalue weighted by Crippen LogP contribution is -2.21. The number of carbonyl (C=O) groups is 1. The van der Waals surface area contributed by atoms with E-state index in [0.717, 1.165) is 42.4 Å². The largest absolute Gasteiger partial charge is 0.332 e. The summed E-state index contributed by atoms with van der Waals surface area (Å²) in [6.07, 6.45) is 8.41. The maximum atomic E-state index is 11.1. The summed E-state index contributed by atoms with van der Waals surface area (Å²) in [7, 11) is 0. The van der Waals surface area contributed by atoms with Crippen LogP contribution in [0.5, 0.6) is 0 Å². The molecular weight excluding hydrogens is 238 g/mol. The fraction of sp³-hybridized carbons (Fsp3) is 0.467. The van der Waals surface area contributed by atoms with E-state index in [1.807, 2.05) is 18.3 Å². The van der Waals surface area contributed by atoms with Crippen LogP contribution in [0.2, 0.25) is 0 Å². The highest BCUT2D eigenvalue weighted by Crippen LogP contribution is 2.18. The Morgan fingerprint density at radius 2 is 2.11 bits per heavy atom. The summed E-state index contributed by atoms with van der Waals surface area (Å²) in [5.74, 6) is 0. The van der Waals surface area contributed by atoms with Crippen molar-refractivity contribution >= 4 is 17.3 Å². The third-order valence-corrected chi connectivity index (χ3v) is 3.86. The number of carbonyl (C=O) groups excluding carboxylic acids is 1. The molecule has 0 N–H and O–H groups in total. The number of likely N-dealkylation sites (tertiary alicyclic amines) is 1. The molecule has 0 aliphatic carbocycles. The first-order valence-corrected chi connectivity index (χ1v) is 7.00. The maximum Gasteiger partial charge on any atom is 0.152 e. The lowest BCUT2D eigenvalue weighted by molar-refractivity contribution is 0.112. The van der Waals surface area contributed by atoms with Gasteiger partial charge >= 0.3 is 0 Å². The van der Waals surface area contributed by atoms with Gasteiger partial charge in [0.25, 0.3) is 0 Å². The monoisotopic (exact) mass is 257 g/mol. The molecule has 1 saturated heterocycles. The number of aldehydes is 1. The van der Waals surface area contributed by atoms with E-state index >= 15 is 0 Å². The molecule has 0 aromatic carbocycles. The van der Waals surface area contributed by atoms with Crippen molar-refractivity contribution in [1.29, 1.82) is 0 Å². The van der Waals surface area contributed by atoms with Gasteiger partial charge in [-0.15, -0.1) is 0 Å². The molecule has 1 aliphatic heterocycles. The van der Waals surface area contributed by atoms with Gasteiger partial charge in [-0.1, -0.05) is 0 Å². The zero-order valence-corrected chi connectivity index (χ0v) is 11.1. The van der Waals surface area contributed by atoms with Gasteiger partial charge in [-0.25, -0.2) is 4.98 Å². The van der Waals surface area contributed by atoms with Crippen molar-refractivity contribution < 1.29 is 4.79 Å². The zero-order valence-electron chi connectivity index (χ0n) is 11.1. The van der Waals surface area contributed by atoms with E-state index < -0.39 is 0 Å². The number of nitrogens with zero attached hydrogens (tertiary/aromatic N) is 3. The Kier molecular flexibility index (Phi) is 3.60. The summed E-state index contributed by atoms with van der Waals surface area (Å²) in [6, 6.07) is 3.84. The number of pyridine rings is 1. The molecule has 19 heavy (non-hydrogen) atoms. The predicted molar refractivity (Wildman–Crippen MR) is 75.4 cm³/mol. The highest BCUT2D eigenvalue weighted by atomic mass is 16.1. The summed E-state index contributed by atoms with van der Waals surface area (Å²) in [4.78, 5) is 18.0. The molecule has 2 aromatic rings. The molecule has 1 fully saturated rings. The molecule has 0 atom stereocenters. The second-order valence-electron chi connectivity index (χ2n) is 5.17. The molecule has 4 heteroatoms. The minimum absolute atomic E-state index is 0.740. The normalized spacial score (nSPS) is 16.2. The first-order valence-electron chi connectivity index (χ1n) is 7.00. The van der Waals surface area contributed by atoms with Crippen LogP contribution in [0.3, 0.4) is 0 Å². The molecule has 0 bridgehead atoms. The molecule has 0 amide bonds. The summed E-state index contributed by atoms with van der Waals surface area (Å²) in [6.45, 7) is 4.55. The van der Waals surface area contributed by atoms with E-state index in [1.165, 1.54) is 25.9 Å². The average Bonchev–Trinajstić information content (AvgIpc) is 3.07. The van der Waals surface area contributed by atoms with Gasteiger partial charge in [-0.05, 0) is 51.0 Å². The standard InChI is InChI=1S/C15H19N3O/c19-12-13-11-18(15-14(13)5-3-6-16-15)10-4-9-17-7-1-2-8-17/h3,5-6,11-12H,1-2,4,7-10H2. The molecule has 0 saturated carbocycles. The van der Waals surface area contributed by atoms with Crippen molar-refractivity contribution in [1.82, 2.24) is 14.5 Å². The van der Waals surface area contributed by atoms with Gasteiger partial charge in [-0.3, -0.25) is 4.79 Å². The van der Waals surface area contributed by atoms with Crippen molar-refractivity contribution in [2.75, 3.05) is 19.6 Å². The molecule has 4 nitrogen and oxygen atoms in total. The third kappa shape index (κ3) is 2.54. The predicted octanol–water partition coefficient (Wildman–Crippen LogP) is 2.33. The molecule has 1 aliphatic rings. The maximum absolute atomic E-state index is 11.1. The number of hydrogen-bond acceptors (Lipinski definition) is 3. The van der Waals surface area contributed by atoms with Gasteiger partial charge in [0.1, 0.15) is 5.65 Å². The van der Waals surface area contributed by atoms with E-state index in [0.29, 0.717) is 0 Å². The zero-order chi connectivity index (χ0) is 13.1. The Hall–Kier alpha value is -1.68. The van der Waals surface area contributed by atoms with Crippen LogP contribution in [0.15, 0.2) is 24.5 Å². The minimum Gasteiger partial charge on any atom is -0.332 e. The van der Waals surface area contributed by atoms with Gasteiger partial charge in [0.2, 0.25) is 0 Å². The Morgan fingerprint density at radius 3 is 2.89 bits per heavy atom. The van der Waals surface area contributed by atoms with Crippen LogP contribution in [0.1, 0.15) is 29.6 Å². The number of aromatic nitrogens is 2. The minimum atomic E-state index is 0.740.